The fourth-order valence-electron chi connectivity index (χ4n) is 4.43. The normalized spacial score (nSPS) is 21.6. The molecule has 2 aromatic carbocycles. The number of benzene rings is 2. The molecule has 5 rings (SSSR count). The molecule has 2 aromatic rings. The van der Waals surface area contributed by atoms with Crippen molar-refractivity contribution in [2.24, 2.45) is 0 Å². The smallest absolute Gasteiger partial charge is 0.241 e. The molecule has 1 unspecified atom stereocenters. The van der Waals surface area contributed by atoms with Gasteiger partial charge >= 0.3 is 0 Å². The first-order chi connectivity index (χ1) is 15.2. The van der Waals surface area contributed by atoms with Crippen LogP contribution in [0.25, 0.3) is 0 Å². The van der Waals surface area contributed by atoms with Gasteiger partial charge in [0.25, 0.3) is 0 Å². The summed E-state index contributed by atoms with van der Waals surface area (Å²) in [5.41, 5.74) is 2.31. The van der Waals surface area contributed by atoms with Gasteiger partial charge in [-0.15, -0.1) is 11.8 Å². The van der Waals surface area contributed by atoms with Crippen LogP contribution in [-0.4, -0.2) is 67.0 Å². The van der Waals surface area contributed by atoms with Crippen LogP contribution in [0, 0.1) is 0 Å². The minimum absolute atomic E-state index is 0.214. The molecule has 0 bridgehead atoms. The summed E-state index contributed by atoms with van der Waals surface area (Å²) in [6, 6.07) is 14.5. The van der Waals surface area contributed by atoms with E-state index >= 15 is 0 Å². The van der Waals surface area contributed by atoms with Gasteiger partial charge in [0.05, 0.1) is 12.2 Å². The monoisotopic (exact) mass is 439 g/mol. The Labute approximate surface area is 188 Å². The second-order valence-electron chi connectivity index (χ2n) is 8.47. The number of anilines is 1. The molecule has 3 aliphatic heterocycles. The standard InChI is InChI=1S/C24H29N3O3S/c1-18-8-9-27(20-4-2-3-5-23(20)31-18)24(28)16-26-12-10-25(11-13-26)15-19-6-7-21-22(14-19)30-17-29-21/h2-7,14,18H,8-13,15-17H2,1H3. The summed E-state index contributed by atoms with van der Waals surface area (Å²) in [4.78, 5) is 21.2. The Morgan fingerprint density at radius 1 is 1.00 bits per heavy atom. The van der Waals surface area contributed by atoms with Crippen LogP contribution < -0.4 is 14.4 Å². The molecular formula is C24H29N3O3S. The molecule has 1 atom stereocenters. The average Bonchev–Trinajstić information content (AvgIpc) is 3.17. The minimum atomic E-state index is 0.214. The number of fused-ring (bicyclic) bond motifs is 2. The second-order valence-corrected chi connectivity index (χ2v) is 9.95. The Kier molecular flexibility index (Phi) is 6.07. The minimum Gasteiger partial charge on any atom is -0.454 e. The number of nitrogens with zero attached hydrogens (tertiary/aromatic N) is 3. The van der Waals surface area contributed by atoms with Gasteiger partial charge in [0, 0.05) is 49.4 Å². The van der Waals surface area contributed by atoms with E-state index in [1.165, 1.54) is 10.5 Å². The maximum Gasteiger partial charge on any atom is 0.241 e. The zero-order chi connectivity index (χ0) is 21.2. The molecule has 0 N–H and O–H groups in total. The fraction of sp³-hybridized carbons (Fsp3) is 0.458. The summed E-state index contributed by atoms with van der Waals surface area (Å²) in [7, 11) is 0. The number of para-hydroxylation sites is 1. The number of hydrogen-bond donors (Lipinski definition) is 0. The van der Waals surface area contributed by atoms with Crippen LogP contribution in [0.3, 0.4) is 0 Å². The summed E-state index contributed by atoms with van der Waals surface area (Å²) >= 11 is 1.88. The predicted octanol–water partition coefficient (Wildman–Crippen LogP) is 3.45. The van der Waals surface area contributed by atoms with E-state index in [0.717, 1.165) is 62.9 Å². The van der Waals surface area contributed by atoms with Gasteiger partial charge in [0.15, 0.2) is 11.5 Å². The lowest BCUT2D eigenvalue weighted by Gasteiger charge is -2.35. The van der Waals surface area contributed by atoms with E-state index in [1.54, 1.807) is 0 Å². The second kappa shape index (κ2) is 9.10. The summed E-state index contributed by atoms with van der Waals surface area (Å²) in [6.07, 6.45) is 1.02. The highest BCUT2D eigenvalue weighted by Crippen LogP contribution is 2.37. The molecule has 1 saturated heterocycles. The molecule has 31 heavy (non-hydrogen) atoms. The number of ether oxygens (including phenoxy) is 2. The maximum atomic E-state index is 13.2. The van der Waals surface area contributed by atoms with Crippen LogP contribution in [0.5, 0.6) is 11.5 Å². The third-order valence-electron chi connectivity index (χ3n) is 6.21. The van der Waals surface area contributed by atoms with Crippen molar-refractivity contribution in [3.63, 3.8) is 0 Å². The molecule has 7 heteroatoms. The Balaban J connectivity index is 1.16. The molecule has 3 heterocycles. The first kappa shape index (κ1) is 20.7. The molecule has 164 valence electrons. The van der Waals surface area contributed by atoms with Crippen molar-refractivity contribution in [1.82, 2.24) is 9.80 Å². The van der Waals surface area contributed by atoms with Crippen LogP contribution in [0.4, 0.5) is 5.69 Å². The highest BCUT2D eigenvalue weighted by atomic mass is 32.2. The van der Waals surface area contributed by atoms with Crippen LogP contribution in [0.2, 0.25) is 0 Å². The lowest BCUT2D eigenvalue weighted by atomic mass is 10.1. The van der Waals surface area contributed by atoms with E-state index in [2.05, 4.69) is 47.1 Å². The van der Waals surface area contributed by atoms with Crippen LogP contribution >= 0.6 is 11.8 Å². The quantitative estimate of drug-likeness (QED) is 0.727. The van der Waals surface area contributed by atoms with Crippen molar-refractivity contribution in [3.05, 3.63) is 48.0 Å². The Morgan fingerprint density at radius 3 is 2.65 bits per heavy atom. The topological polar surface area (TPSA) is 45.3 Å². The van der Waals surface area contributed by atoms with Crippen molar-refractivity contribution in [1.29, 1.82) is 0 Å². The van der Waals surface area contributed by atoms with E-state index in [9.17, 15) is 4.79 Å². The van der Waals surface area contributed by atoms with Crippen LogP contribution in [0.15, 0.2) is 47.4 Å². The summed E-state index contributed by atoms with van der Waals surface area (Å²) < 4.78 is 10.9. The molecule has 6 nitrogen and oxygen atoms in total. The van der Waals surface area contributed by atoms with Crippen molar-refractivity contribution >= 4 is 23.4 Å². The van der Waals surface area contributed by atoms with Crippen molar-refractivity contribution in [3.8, 4) is 11.5 Å². The van der Waals surface area contributed by atoms with Gasteiger partial charge in [-0.1, -0.05) is 25.1 Å². The number of carbonyl (C=O) groups excluding carboxylic acids is 1. The molecule has 0 radical (unpaired) electrons. The highest BCUT2D eigenvalue weighted by molar-refractivity contribution is 8.00. The molecule has 0 aliphatic carbocycles. The lowest BCUT2D eigenvalue weighted by molar-refractivity contribution is -0.120. The van der Waals surface area contributed by atoms with E-state index in [1.807, 2.05) is 28.8 Å². The molecule has 0 spiro atoms. The Hall–Kier alpha value is -2.22. The third kappa shape index (κ3) is 4.68. The van der Waals surface area contributed by atoms with Crippen molar-refractivity contribution in [2.75, 3.05) is 51.0 Å². The molecule has 1 fully saturated rings. The van der Waals surface area contributed by atoms with Crippen molar-refractivity contribution in [2.45, 2.75) is 30.0 Å². The van der Waals surface area contributed by atoms with E-state index in [-0.39, 0.29) is 5.91 Å². The fourth-order valence-corrected chi connectivity index (χ4v) is 5.54. The van der Waals surface area contributed by atoms with Gasteiger partial charge in [-0.3, -0.25) is 14.6 Å². The van der Waals surface area contributed by atoms with Gasteiger partial charge < -0.3 is 14.4 Å². The van der Waals surface area contributed by atoms with Gasteiger partial charge in [0.1, 0.15) is 0 Å². The van der Waals surface area contributed by atoms with Crippen LogP contribution in [-0.2, 0) is 11.3 Å². The van der Waals surface area contributed by atoms with E-state index < -0.39 is 0 Å². The largest absolute Gasteiger partial charge is 0.454 e. The highest BCUT2D eigenvalue weighted by Gasteiger charge is 2.27. The van der Waals surface area contributed by atoms with E-state index in [0.29, 0.717) is 18.6 Å². The van der Waals surface area contributed by atoms with E-state index in [4.69, 9.17) is 9.47 Å². The molecule has 0 saturated carbocycles. The summed E-state index contributed by atoms with van der Waals surface area (Å²) in [5.74, 6) is 1.88. The molecular weight excluding hydrogens is 410 g/mol. The third-order valence-corrected chi connectivity index (χ3v) is 7.45. The molecule has 0 aromatic heterocycles. The molecule has 1 amide bonds. The summed E-state index contributed by atoms with van der Waals surface area (Å²) in [5, 5.41) is 0.527. The maximum absolute atomic E-state index is 13.2. The number of hydrogen-bond acceptors (Lipinski definition) is 6. The Morgan fingerprint density at radius 2 is 1.77 bits per heavy atom. The molecule has 3 aliphatic rings. The zero-order valence-electron chi connectivity index (χ0n) is 18.0. The summed E-state index contributed by atoms with van der Waals surface area (Å²) in [6.45, 7) is 8.50. The number of carbonyl (C=O) groups is 1. The number of thioether (sulfide) groups is 1. The van der Waals surface area contributed by atoms with Gasteiger partial charge in [0.2, 0.25) is 12.7 Å². The lowest BCUT2D eigenvalue weighted by Crippen LogP contribution is -2.50. The number of amides is 1. The van der Waals surface area contributed by atoms with Gasteiger partial charge in [-0.05, 0) is 36.2 Å². The number of piperazine rings is 1. The van der Waals surface area contributed by atoms with Gasteiger partial charge in [-0.2, -0.15) is 0 Å². The van der Waals surface area contributed by atoms with Gasteiger partial charge in [-0.25, -0.2) is 0 Å². The zero-order valence-corrected chi connectivity index (χ0v) is 18.8. The Bertz CT molecular complexity index is 945. The van der Waals surface area contributed by atoms with Crippen LogP contribution in [0.1, 0.15) is 18.9 Å². The first-order valence-corrected chi connectivity index (χ1v) is 11.9. The number of rotatable bonds is 4. The predicted molar refractivity (Wildman–Crippen MR) is 123 cm³/mol. The SMILES string of the molecule is CC1CCN(C(=O)CN2CCN(Cc3ccc4c(c3)OCO4)CC2)c2ccccc2S1. The average molecular weight is 440 g/mol. The van der Waals surface area contributed by atoms with Crippen molar-refractivity contribution < 1.29 is 14.3 Å². The first-order valence-electron chi connectivity index (χ1n) is 11.0.